The number of aryl methyl sites for hydroxylation is 2. The summed E-state index contributed by atoms with van der Waals surface area (Å²) in [5.74, 6) is -0.308. The van der Waals surface area contributed by atoms with E-state index in [9.17, 15) is 4.79 Å². The van der Waals surface area contributed by atoms with Crippen LogP contribution in [-0.2, 0) is 15.6 Å². The van der Waals surface area contributed by atoms with Crippen molar-refractivity contribution >= 4 is 16.9 Å². The van der Waals surface area contributed by atoms with E-state index in [-0.39, 0.29) is 16.9 Å². The average Bonchev–Trinajstić information content (AvgIpc) is 2.65. The molecule has 0 amide bonds. The Balaban J connectivity index is 2.05. The van der Waals surface area contributed by atoms with Crippen LogP contribution in [0.25, 0.3) is 0 Å². The van der Waals surface area contributed by atoms with Crippen molar-refractivity contribution in [2.24, 2.45) is 0 Å². The van der Waals surface area contributed by atoms with Gasteiger partial charge in [-0.3, -0.25) is 0 Å². The minimum absolute atomic E-state index is 0.207. The smallest absolute Gasteiger partial charge is 0.337 e. The zero-order valence-electron chi connectivity index (χ0n) is 14.7. The summed E-state index contributed by atoms with van der Waals surface area (Å²) in [7, 11) is 1.20. The van der Waals surface area contributed by atoms with Gasteiger partial charge in [0.05, 0.1) is 23.6 Å². The van der Waals surface area contributed by atoms with Gasteiger partial charge in [0.25, 0.3) is 0 Å². The maximum atomic E-state index is 11.7. The van der Waals surface area contributed by atoms with Crippen molar-refractivity contribution in [1.82, 2.24) is 0 Å². The number of ether oxygens (including phenoxy) is 1. The van der Waals surface area contributed by atoms with Crippen molar-refractivity contribution in [2.45, 2.75) is 28.5 Å². The summed E-state index contributed by atoms with van der Waals surface area (Å²) in [5.41, 5.74) is 3.07. The molecule has 3 aromatic rings. The Hall–Kier alpha value is -2.52. The molecule has 0 bridgehead atoms. The Bertz CT molecular complexity index is 805. The number of benzene rings is 3. The van der Waals surface area contributed by atoms with Crippen molar-refractivity contribution in [3.05, 3.63) is 89.5 Å². The van der Waals surface area contributed by atoms with Crippen LogP contribution in [-0.4, -0.2) is 13.1 Å². The first-order valence-corrected chi connectivity index (χ1v) is 9.37. The molecule has 25 heavy (non-hydrogen) atoms. The summed E-state index contributed by atoms with van der Waals surface area (Å²) >= 11 is 0. The number of hydrogen-bond donors (Lipinski definition) is 0. The molecule has 0 saturated heterocycles. The molecule has 3 aromatic carbocycles. The van der Waals surface area contributed by atoms with Gasteiger partial charge in [0.2, 0.25) is 0 Å². The van der Waals surface area contributed by atoms with E-state index >= 15 is 0 Å². The highest BCUT2D eigenvalue weighted by molar-refractivity contribution is 7.97. The molecule has 0 saturated carbocycles. The summed E-state index contributed by atoms with van der Waals surface area (Å²) in [6, 6.07) is 25.0. The third-order valence-electron chi connectivity index (χ3n) is 4.02. The molecule has 3 heteroatoms. The lowest BCUT2D eigenvalue weighted by Crippen LogP contribution is -2.06. The lowest BCUT2D eigenvalue weighted by Gasteiger charge is -2.09. The van der Waals surface area contributed by atoms with Gasteiger partial charge >= 0.3 is 5.97 Å². The third kappa shape index (κ3) is 3.94. The lowest BCUT2D eigenvalue weighted by atomic mass is 10.2. The van der Waals surface area contributed by atoms with Gasteiger partial charge in [-0.25, -0.2) is 4.79 Å². The molecule has 0 fully saturated rings. The molecule has 0 atom stereocenters. The lowest BCUT2D eigenvalue weighted by molar-refractivity contribution is 0.0600. The zero-order chi connectivity index (χ0) is 17.8. The van der Waals surface area contributed by atoms with E-state index in [0.29, 0.717) is 5.56 Å². The largest absolute Gasteiger partial charge is 0.465 e. The van der Waals surface area contributed by atoms with Crippen LogP contribution in [0.2, 0.25) is 0 Å². The minimum atomic E-state index is -0.308. The molecule has 2 nitrogen and oxygen atoms in total. The molecule has 0 aliphatic heterocycles. The fraction of sp³-hybridized carbons (Fsp3) is 0.136. The van der Waals surface area contributed by atoms with Gasteiger partial charge in [-0.15, -0.1) is 0 Å². The highest BCUT2D eigenvalue weighted by Crippen LogP contribution is 2.31. The molecule has 0 unspecified atom stereocenters. The van der Waals surface area contributed by atoms with Crippen molar-refractivity contribution in [2.75, 3.05) is 7.11 Å². The van der Waals surface area contributed by atoms with Gasteiger partial charge < -0.3 is 4.74 Å². The Morgan fingerprint density at radius 3 is 1.40 bits per heavy atom. The van der Waals surface area contributed by atoms with Crippen molar-refractivity contribution in [1.29, 1.82) is 0 Å². The summed E-state index contributed by atoms with van der Waals surface area (Å²) < 4.78 is 4.80. The highest BCUT2D eigenvalue weighted by Gasteiger charge is 2.28. The van der Waals surface area contributed by atoms with Gasteiger partial charge in [0.15, 0.2) is 14.7 Å². The topological polar surface area (TPSA) is 26.3 Å². The number of esters is 1. The number of hydrogen-bond acceptors (Lipinski definition) is 2. The number of carbonyl (C=O) groups is 1. The number of carbonyl (C=O) groups excluding carboxylic acids is 1. The molecule has 3 rings (SSSR count). The van der Waals surface area contributed by atoms with E-state index in [1.807, 2.05) is 24.3 Å². The first-order valence-electron chi connectivity index (χ1n) is 8.14. The van der Waals surface area contributed by atoms with Crippen LogP contribution in [0.1, 0.15) is 21.5 Å². The molecule has 0 aliphatic carbocycles. The third-order valence-corrected chi connectivity index (χ3v) is 6.26. The molecule has 126 valence electrons. The SMILES string of the molecule is COC(=O)c1ccc([S+](c2ccc(C)cc2)c2ccc(C)cc2)cc1. The minimum Gasteiger partial charge on any atom is -0.465 e. The maximum Gasteiger partial charge on any atom is 0.337 e. The van der Waals surface area contributed by atoms with E-state index in [1.165, 1.54) is 32.9 Å². The second kappa shape index (κ2) is 7.58. The number of methoxy groups -OCH3 is 1. The second-order valence-corrected chi connectivity index (χ2v) is 7.97. The van der Waals surface area contributed by atoms with Gasteiger partial charge in [-0.05, 0) is 62.4 Å². The second-order valence-electron chi connectivity index (χ2n) is 5.95. The Labute approximate surface area is 151 Å². The fourth-order valence-corrected chi connectivity index (χ4v) is 4.64. The van der Waals surface area contributed by atoms with Gasteiger partial charge in [-0.2, -0.15) is 0 Å². The predicted octanol–water partition coefficient (Wildman–Crippen LogP) is 5.19. The molecule has 0 spiro atoms. The van der Waals surface area contributed by atoms with Gasteiger partial charge in [0, 0.05) is 0 Å². The van der Waals surface area contributed by atoms with Crippen LogP contribution in [0.15, 0.2) is 87.5 Å². The van der Waals surface area contributed by atoms with Crippen LogP contribution in [0, 0.1) is 13.8 Å². The molecule has 0 aromatic heterocycles. The Morgan fingerprint density at radius 1 is 0.680 bits per heavy atom. The van der Waals surface area contributed by atoms with Crippen molar-refractivity contribution in [3.8, 4) is 0 Å². The van der Waals surface area contributed by atoms with Crippen LogP contribution < -0.4 is 0 Å². The van der Waals surface area contributed by atoms with Crippen LogP contribution in [0.5, 0.6) is 0 Å². The van der Waals surface area contributed by atoms with Crippen LogP contribution >= 0.6 is 0 Å². The summed E-state index contributed by atoms with van der Waals surface area (Å²) in [6.07, 6.45) is 0. The van der Waals surface area contributed by atoms with E-state index in [2.05, 4.69) is 62.4 Å². The first kappa shape index (κ1) is 17.3. The summed E-state index contributed by atoms with van der Waals surface area (Å²) in [5, 5.41) is 0. The van der Waals surface area contributed by atoms with Crippen molar-refractivity contribution < 1.29 is 9.53 Å². The Morgan fingerprint density at radius 2 is 1.04 bits per heavy atom. The van der Waals surface area contributed by atoms with Crippen LogP contribution in [0.3, 0.4) is 0 Å². The highest BCUT2D eigenvalue weighted by atomic mass is 32.2. The Kier molecular flexibility index (Phi) is 5.25. The molecule has 0 radical (unpaired) electrons. The van der Waals surface area contributed by atoms with Crippen LogP contribution in [0.4, 0.5) is 0 Å². The van der Waals surface area contributed by atoms with E-state index < -0.39 is 0 Å². The summed E-state index contributed by atoms with van der Waals surface area (Å²) in [4.78, 5) is 15.4. The first-order chi connectivity index (χ1) is 12.1. The fourth-order valence-electron chi connectivity index (χ4n) is 2.60. The standard InChI is InChI=1S/C22H21O2S/c1-16-4-10-19(11-5-16)25(20-12-6-17(2)7-13-20)21-14-8-18(9-15-21)22(23)24-3/h4-15H,1-3H3/q+1. The summed E-state index contributed by atoms with van der Waals surface area (Å²) in [6.45, 7) is 4.19. The van der Waals surface area contributed by atoms with Crippen molar-refractivity contribution in [3.63, 3.8) is 0 Å². The van der Waals surface area contributed by atoms with E-state index in [0.717, 1.165) is 0 Å². The molecule has 0 N–H and O–H groups in total. The molecule has 0 aliphatic rings. The van der Waals surface area contributed by atoms with E-state index in [1.54, 1.807) is 0 Å². The van der Waals surface area contributed by atoms with Gasteiger partial charge in [0.1, 0.15) is 0 Å². The molecular weight excluding hydrogens is 328 g/mol. The average molecular weight is 349 g/mol. The molecule has 0 heterocycles. The van der Waals surface area contributed by atoms with Gasteiger partial charge in [-0.1, -0.05) is 35.4 Å². The quantitative estimate of drug-likeness (QED) is 0.479. The maximum absolute atomic E-state index is 11.7. The zero-order valence-corrected chi connectivity index (χ0v) is 15.5. The molecular formula is C22H21O2S+. The predicted molar refractivity (Wildman–Crippen MR) is 102 cm³/mol. The monoisotopic (exact) mass is 349 g/mol. The number of rotatable bonds is 4. The normalized spacial score (nSPS) is 10.7. The van der Waals surface area contributed by atoms with E-state index in [4.69, 9.17) is 4.74 Å².